The quantitative estimate of drug-likeness (QED) is 0.921. The van der Waals surface area contributed by atoms with Crippen LogP contribution in [0.2, 0.25) is 5.02 Å². The Hall–Kier alpha value is -2.01. The predicted octanol–water partition coefficient (Wildman–Crippen LogP) is 2.72. The molecule has 1 aliphatic heterocycles. The molecule has 5 nitrogen and oxygen atoms in total. The first-order valence-corrected chi connectivity index (χ1v) is 6.73. The summed E-state index contributed by atoms with van der Waals surface area (Å²) >= 11 is 6.21. The molecule has 6 heteroatoms. The Morgan fingerprint density at radius 3 is 2.95 bits per heavy atom. The van der Waals surface area contributed by atoms with Crippen molar-refractivity contribution in [3.05, 3.63) is 34.6 Å². The van der Waals surface area contributed by atoms with Gasteiger partial charge in [0.1, 0.15) is 22.4 Å². The van der Waals surface area contributed by atoms with Crippen LogP contribution >= 0.6 is 11.6 Å². The van der Waals surface area contributed by atoms with E-state index in [1.54, 1.807) is 6.92 Å². The summed E-state index contributed by atoms with van der Waals surface area (Å²) < 4.78 is 5.51. The third kappa shape index (κ3) is 2.14. The minimum atomic E-state index is 0.297. The highest BCUT2D eigenvalue weighted by Gasteiger charge is 2.17. The number of rotatable bonds is 2. The Morgan fingerprint density at radius 1 is 1.35 bits per heavy atom. The largest absolute Gasteiger partial charge is 0.493 e. The van der Waals surface area contributed by atoms with Gasteiger partial charge in [-0.05, 0) is 30.7 Å². The molecule has 1 aromatic carbocycles. The Morgan fingerprint density at radius 2 is 2.15 bits per heavy atom. The molecule has 2 aromatic rings. The van der Waals surface area contributed by atoms with Gasteiger partial charge in [-0.25, -0.2) is 9.97 Å². The zero-order chi connectivity index (χ0) is 14.3. The number of nitrogens with two attached hydrogens (primary N) is 1. The molecular weight excluding hydrogens is 276 g/mol. The van der Waals surface area contributed by atoms with Crippen molar-refractivity contribution in [1.29, 1.82) is 0 Å². The first kappa shape index (κ1) is 13.0. The first-order chi connectivity index (χ1) is 9.56. The Balaban J connectivity index is 2.02. The molecule has 1 aliphatic rings. The number of nitrogens with zero attached hydrogens (tertiary/aromatic N) is 3. The maximum Gasteiger partial charge on any atom is 0.157 e. The molecule has 20 heavy (non-hydrogen) atoms. The van der Waals surface area contributed by atoms with E-state index in [1.165, 1.54) is 5.56 Å². The number of halogens is 1. The van der Waals surface area contributed by atoms with Gasteiger partial charge in [-0.3, -0.25) is 0 Å². The van der Waals surface area contributed by atoms with Crippen LogP contribution in [0.1, 0.15) is 11.4 Å². The van der Waals surface area contributed by atoms with E-state index in [0.29, 0.717) is 22.5 Å². The van der Waals surface area contributed by atoms with Gasteiger partial charge in [0.05, 0.1) is 6.61 Å². The van der Waals surface area contributed by atoms with E-state index >= 15 is 0 Å². The molecule has 0 spiro atoms. The predicted molar refractivity (Wildman–Crippen MR) is 79.9 cm³/mol. The van der Waals surface area contributed by atoms with Crippen molar-refractivity contribution >= 4 is 28.9 Å². The van der Waals surface area contributed by atoms with E-state index in [-0.39, 0.29) is 0 Å². The maximum absolute atomic E-state index is 6.21. The fourth-order valence-corrected chi connectivity index (χ4v) is 2.50. The number of aryl methyl sites for hydroxylation is 1. The smallest absolute Gasteiger partial charge is 0.157 e. The second kappa shape index (κ2) is 4.83. The number of fused-ring (bicyclic) bond motifs is 1. The lowest BCUT2D eigenvalue weighted by Gasteiger charge is -2.21. The molecular formula is C14H15ClN4O. The number of hydrogen-bond donors (Lipinski definition) is 1. The van der Waals surface area contributed by atoms with Gasteiger partial charge >= 0.3 is 0 Å². The summed E-state index contributed by atoms with van der Waals surface area (Å²) in [4.78, 5) is 10.3. The third-order valence-corrected chi connectivity index (χ3v) is 3.71. The number of aromatic nitrogens is 2. The van der Waals surface area contributed by atoms with Crippen molar-refractivity contribution in [2.24, 2.45) is 0 Å². The van der Waals surface area contributed by atoms with Crippen LogP contribution in [0.25, 0.3) is 0 Å². The molecule has 1 aromatic heterocycles. The SMILES string of the molecule is Cc1nc(N)c(Cl)c(N(C)c2ccc3c(c2)CCO3)n1. The van der Waals surface area contributed by atoms with E-state index in [2.05, 4.69) is 16.0 Å². The number of ether oxygens (including phenoxy) is 1. The van der Waals surface area contributed by atoms with E-state index in [1.807, 2.05) is 24.1 Å². The van der Waals surface area contributed by atoms with Crippen LogP contribution in [0.4, 0.5) is 17.3 Å². The van der Waals surface area contributed by atoms with Crippen LogP contribution in [0.15, 0.2) is 18.2 Å². The summed E-state index contributed by atoms with van der Waals surface area (Å²) in [6, 6.07) is 6.04. The summed E-state index contributed by atoms with van der Waals surface area (Å²) in [5.74, 6) is 2.45. The standard InChI is InChI=1S/C14H15ClN4O/c1-8-17-13(16)12(15)14(18-8)19(2)10-3-4-11-9(7-10)5-6-20-11/h3-4,7H,5-6H2,1-2H3,(H2,16,17,18). The minimum Gasteiger partial charge on any atom is -0.493 e. The topological polar surface area (TPSA) is 64.3 Å². The molecule has 0 fully saturated rings. The molecule has 0 saturated carbocycles. The van der Waals surface area contributed by atoms with Gasteiger partial charge in [0.2, 0.25) is 0 Å². The lowest BCUT2D eigenvalue weighted by atomic mass is 10.1. The monoisotopic (exact) mass is 290 g/mol. The van der Waals surface area contributed by atoms with Crippen molar-refractivity contribution in [2.45, 2.75) is 13.3 Å². The molecule has 0 unspecified atom stereocenters. The summed E-state index contributed by atoms with van der Waals surface area (Å²) in [5, 5.41) is 0.370. The molecule has 3 rings (SSSR count). The molecule has 0 atom stereocenters. The van der Waals surface area contributed by atoms with Crippen LogP contribution in [0, 0.1) is 6.92 Å². The summed E-state index contributed by atoms with van der Waals surface area (Å²) in [7, 11) is 1.91. The van der Waals surface area contributed by atoms with Gasteiger partial charge in [0, 0.05) is 19.2 Å². The van der Waals surface area contributed by atoms with Crippen LogP contribution in [-0.4, -0.2) is 23.6 Å². The van der Waals surface area contributed by atoms with Crippen LogP contribution in [0.3, 0.4) is 0 Å². The van der Waals surface area contributed by atoms with E-state index in [4.69, 9.17) is 22.1 Å². The summed E-state index contributed by atoms with van der Waals surface area (Å²) in [6.45, 7) is 2.53. The summed E-state index contributed by atoms with van der Waals surface area (Å²) in [5.41, 5.74) is 7.99. The van der Waals surface area contributed by atoms with Crippen LogP contribution in [-0.2, 0) is 6.42 Å². The summed E-state index contributed by atoms with van der Waals surface area (Å²) in [6.07, 6.45) is 0.926. The van der Waals surface area contributed by atoms with Gasteiger partial charge in [-0.2, -0.15) is 0 Å². The third-order valence-electron chi connectivity index (χ3n) is 3.35. The minimum absolute atomic E-state index is 0.297. The number of hydrogen-bond acceptors (Lipinski definition) is 5. The molecule has 0 radical (unpaired) electrons. The van der Waals surface area contributed by atoms with Crippen molar-refractivity contribution in [3.8, 4) is 5.75 Å². The Kier molecular flexibility index (Phi) is 3.14. The first-order valence-electron chi connectivity index (χ1n) is 6.35. The lowest BCUT2D eigenvalue weighted by Crippen LogP contribution is -2.14. The van der Waals surface area contributed by atoms with Gasteiger partial charge in [0.25, 0.3) is 0 Å². The lowest BCUT2D eigenvalue weighted by molar-refractivity contribution is 0.357. The van der Waals surface area contributed by atoms with Gasteiger partial charge in [-0.1, -0.05) is 11.6 Å². The molecule has 2 heterocycles. The van der Waals surface area contributed by atoms with Crippen molar-refractivity contribution in [1.82, 2.24) is 9.97 Å². The van der Waals surface area contributed by atoms with Crippen LogP contribution in [0.5, 0.6) is 5.75 Å². The molecule has 2 N–H and O–H groups in total. The zero-order valence-corrected chi connectivity index (χ0v) is 12.1. The van der Waals surface area contributed by atoms with Crippen molar-refractivity contribution in [2.75, 3.05) is 24.3 Å². The average Bonchev–Trinajstić information content (AvgIpc) is 2.89. The van der Waals surface area contributed by atoms with Crippen LogP contribution < -0.4 is 15.4 Å². The zero-order valence-electron chi connectivity index (χ0n) is 11.4. The number of anilines is 3. The Bertz CT molecular complexity index is 674. The van der Waals surface area contributed by atoms with E-state index < -0.39 is 0 Å². The van der Waals surface area contributed by atoms with E-state index in [0.717, 1.165) is 24.5 Å². The molecule has 0 saturated heterocycles. The number of benzene rings is 1. The van der Waals surface area contributed by atoms with Gasteiger partial charge < -0.3 is 15.4 Å². The fourth-order valence-electron chi connectivity index (χ4n) is 2.29. The second-order valence-corrected chi connectivity index (χ2v) is 5.12. The molecule has 0 bridgehead atoms. The van der Waals surface area contributed by atoms with Gasteiger partial charge in [0.15, 0.2) is 5.82 Å². The average molecular weight is 291 g/mol. The van der Waals surface area contributed by atoms with Crippen molar-refractivity contribution < 1.29 is 4.74 Å². The highest BCUT2D eigenvalue weighted by molar-refractivity contribution is 6.35. The van der Waals surface area contributed by atoms with E-state index in [9.17, 15) is 0 Å². The molecule has 0 amide bonds. The normalized spacial score (nSPS) is 12.9. The molecule has 0 aliphatic carbocycles. The van der Waals surface area contributed by atoms with Crippen molar-refractivity contribution in [3.63, 3.8) is 0 Å². The Labute approximate surface area is 122 Å². The maximum atomic E-state index is 6.21. The fraction of sp³-hybridized carbons (Fsp3) is 0.286. The molecule has 104 valence electrons. The highest BCUT2D eigenvalue weighted by Crippen LogP contribution is 2.35. The second-order valence-electron chi connectivity index (χ2n) is 4.74. The number of nitrogen functional groups attached to an aromatic ring is 1. The highest BCUT2D eigenvalue weighted by atomic mass is 35.5. The van der Waals surface area contributed by atoms with Gasteiger partial charge in [-0.15, -0.1) is 0 Å².